The van der Waals surface area contributed by atoms with Crippen molar-refractivity contribution in [2.75, 3.05) is 4.90 Å². The molecule has 2 N–H and O–H groups in total. The van der Waals surface area contributed by atoms with Crippen molar-refractivity contribution in [3.05, 3.63) is 83.9 Å². The lowest BCUT2D eigenvalue weighted by Gasteiger charge is -2.29. The van der Waals surface area contributed by atoms with Crippen molar-refractivity contribution in [1.29, 1.82) is 0 Å². The molecule has 0 unspecified atom stereocenters. The molecule has 0 fully saturated rings. The Kier molecular flexibility index (Phi) is 9.79. The summed E-state index contributed by atoms with van der Waals surface area (Å²) in [6.07, 6.45) is 0.491. The highest BCUT2D eigenvalue weighted by Gasteiger charge is 2.33. The fourth-order valence-electron chi connectivity index (χ4n) is 5.12. The molecule has 1 atom stereocenters. The Bertz CT molecular complexity index is 1540. The molecule has 9 heteroatoms. The van der Waals surface area contributed by atoms with E-state index in [1.54, 1.807) is 39.5 Å². The van der Waals surface area contributed by atoms with E-state index in [4.69, 9.17) is 17.0 Å². The molecule has 0 bridgehead atoms. The molecule has 8 nitrogen and oxygen atoms in total. The highest BCUT2D eigenvalue weighted by molar-refractivity contribution is 7.78. The first kappa shape index (κ1) is 31.6. The predicted molar refractivity (Wildman–Crippen MR) is 173 cm³/mol. The van der Waals surface area contributed by atoms with E-state index in [1.165, 1.54) is 0 Å². The number of nitrogens with one attached hydrogen (secondary N) is 2. The second-order valence-corrected chi connectivity index (χ2v) is 12.5. The van der Waals surface area contributed by atoms with Gasteiger partial charge in [-0.3, -0.25) is 9.59 Å². The molecule has 0 radical (unpaired) electrons. The summed E-state index contributed by atoms with van der Waals surface area (Å²) < 4.78 is 5.34. The summed E-state index contributed by atoms with van der Waals surface area (Å²) in [6.45, 7) is 9.17. The van der Waals surface area contributed by atoms with Crippen molar-refractivity contribution in [2.45, 2.75) is 77.6 Å². The van der Waals surface area contributed by atoms with Crippen LogP contribution in [0.25, 0.3) is 11.1 Å². The van der Waals surface area contributed by atoms with Gasteiger partial charge in [-0.25, -0.2) is 4.79 Å². The van der Waals surface area contributed by atoms with Gasteiger partial charge < -0.3 is 20.3 Å². The first-order valence-corrected chi connectivity index (χ1v) is 14.7. The quantitative estimate of drug-likeness (QED) is 0.221. The average Bonchev–Trinajstić information content (AvgIpc) is 3.05. The number of amides is 3. The Balaban J connectivity index is 1.50. The van der Waals surface area contributed by atoms with E-state index < -0.39 is 23.3 Å². The van der Waals surface area contributed by atoms with E-state index in [1.807, 2.05) is 72.8 Å². The van der Waals surface area contributed by atoms with Crippen molar-refractivity contribution in [1.82, 2.24) is 10.6 Å². The smallest absolute Gasteiger partial charge is 0.408 e. The van der Waals surface area contributed by atoms with Gasteiger partial charge in [0, 0.05) is 23.2 Å². The minimum absolute atomic E-state index is 0.0147. The topological polar surface area (TPSA) is 100 Å². The molecule has 0 aliphatic carbocycles. The van der Waals surface area contributed by atoms with Crippen LogP contribution in [0.2, 0.25) is 0 Å². The Morgan fingerprint density at radius 2 is 1.67 bits per heavy atom. The van der Waals surface area contributed by atoms with E-state index >= 15 is 0 Å². The largest absolute Gasteiger partial charge is 0.444 e. The SMILES string of the molecule is CC(C)(CC(=O)N[C@@H]1CCc2ccccc2N(Cc2ccc(-c3ccccc3N=C=S)cc2)C1=O)NC(=O)OC(C)(C)C. The summed E-state index contributed by atoms with van der Waals surface area (Å²) in [5, 5.41) is 8.13. The second kappa shape index (κ2) is 13.3. The van der Waals surface area contributed by atoms with Crippen LogP contribution in [-0.2, 0) is 27.3 Å². The molecule has 0 saturated heterocycles. The van der Waals surface area contributed by atoms with Gasteiger partial charge in [-0.2, -0.15) is 4.99 Å². The number of aryl methyl sites for hydroxylation is 1. The molecule has 0 spiro atoms. The van der Waals surface area contributed by atoms with Crippen molar-refractivity contribution >= 4 is 46.7 Å². The number of nitrogens with zero attached hydrogens (tertiary/aromatic N) is 2. The maximum Gasteiger partial charge on any atom is 0.408 e. The zero-order valence-corrected chi connectivity index (χ0v) is 26.1. The summed E-state index contributed by atoms with van der Waals surface area (Å²) in [7, 11) is 0. The number of thiocarbonyl (C=S) groups is 1. The van der Waals surface area contributed by atoms with E-state index in [0.29, 0.717) is 19.4 Å². The number of hydrogen-bond acceptors (Lipinski definition) is 6. The lowest BCUT2D eigenvalue weighted by molar-refractivity contribution is -0.128. The van der Waals surface area contributed by atoms with Crippen LogP contribution in [0.5, 0.6) is 0 Å². The molecular formula is C34H38N4O4S. The van der Waals surface area contributed by atoms with Gasteiger partial charge in [0.1, 0.15) is 11.6 Å². The summed E-state index contributed by atoms with van der Waals surface area (Å²) in [5.74, 6) is -0.506. The number of carbonyl (C=O) groups is 3. The summed E-state index contributed by atoms with van der Waals surface area (Å²) in [6, 6.07) is 22.8. The molecule has 1 heterocycles. The number of ether oxygens (including phenoxy) is 1. The number of aliphatic imine (C=N–C) groups is 1. The highest BCUT2D eigenvalue weighted by Crippen LogP contribution is 2.32. The normalized spacial score (nSPS) is 15.0. The van der Waals surface area contributed by atoms with Crippen LogP contribution in [0, 0.1) is 0 Å². The second-order valence-electron chi connectivity index (χ2n) is 12.3. The van der Waals surface area contributed by atoms with Gasteiger partial charge in [-0.1, -0.05) is 60.7 Å². The van der Waals surface area contributed by atoms with Gasteiger partial charge in [0.25, 0.3) is 0 Å². The van der Waals surface area contributed by atoms with Crippen LogP contribution in [0.3, 0.4) is 0 Å². The Labute approximate surface area is 258 Å². The average molecular weight is 599 g/mol. The molecule has 3 amide bonds. The lowest BCUT2D eigenvalue weighted by Crippen LogP contribution is -2.52. The third-order valence-electron chi connectivity index (χ3n) is 7.00. The van der Waals surface area contributed by atoms with E-state index in [-0.39, 0.29) is 18.2 Å². The minimum atomic E-state index is -0.877. The van der Waals surface area contributed by atoms with Crippen molar-refractivity contribution in [3.8, 4) is 11.1 Å². The number of isothiocyanates is 1. The fraction of sp³-hybridized carbons (Fsp3) is 0.353. The molecule has 3 aromatic carbocycles. The molecule has 224 valence electrons. The van der Waals surface area contributed by atoms with Crippen LogP contribution in [0.1, 0.15) is 58.6 Å². The van der Waals surface area contributed by atoms with Gasteiger partial charge in [-0.15, -0.1) is 0 Å². The summed E-state index contributed by atoms with van der Waals surface area (Å²) in [4.78, 5) is 45.3. The fourth-order valence-corrected chi connectivity index (χ4v) is 5.22. The maximum absolute atomic E-state index is 13.9. The van der Waals surface area contributed by atoms with Crippen LogP contribution in [0.15, 0.2) is 77.8 Å². The highest BCUT2D eigenvalue weighted by atomic mass is 32.1. The molecule has 43 heavy (non-hydrogen) atoms. The molecular weight excluding hydrogens is 560 g/mol. The lowest BCUT2D eigenvalue weighted by atomic mass is 9.99. The molecule has 3 aromatic rings. The van der Waals surface area contributed by atoms with Gasteiger partial charge in [-0.05, 0) is 88.5 Å². The first-order chi connectivity index (χ1) is 20.3. The van der Waals surface area contributed by atoms with Crippen LogP contribution in [0.4, 0.5) is 16.2 Å². The number of hydrogen-bond donors (Lipinski definition) is 2. The number of rotatable bonds is 8. The van der Waals surface area contributed by atoms with E-state index in [9.17, 15) is 14.4 Å². The number of alkyl carbamates (subject to hydrolysis) is 1. The summed E-state index contributed by atoms with van der Waals surface area (Å²) >= 11 is 4.80. The zero-order valence-electron chi connectivity index (χ0n) is 25.3. The van der Waals surface area contributed by atoms with Crippen molar-refractivity contribution in [3.63, 3.8) is 0 Å². The van der Waals surface area contributed by atoms with Crippen LogP contribution < -0.4 is 15.5 Å². The number of fused-ring (bicyclic) bond motifs is 1. The molecule has 1 aliphatic heterocycles. The van der Waals surface area contributed by atoms with Crippen LogP contribution in [-0.4, -0.2) is 40.3 Å². The molecule has 0 saturated carbocycles. The van der Waals surface area contributed by atoms with Crippen LogP contribution >= 0.6 is 12.2 Å². The Morgan fingerprint density at radius 3 is 2.37 bits per heavy atom. The standard InChI is InChI=1S/C34H38N4O4S/c1-33(2,3)42-32(41)37-34(4,5)20-30(39)36-28-19-18-25-10-6-9-13-29(25)38(31(28)40)21-23-14-16-24(17-15-23)26-11-7-8-12-27(26)35-22-43/h6-17,28H,18-21H2,1-5H3,(H,36,39)(H,37,41)/t28-/m1/s1. The van der Waals surface area contributed by atoms with Crippen molar-refractivity contribution < 1.29 is 19.1 Å². The monoisotopic (exact) mass is 598 g/mol. The van der Waals surface area contributed by atoms with Gasteiger partial charge in [0.05, 0.1) is 17.4 Å². The van der Waals surface area contributed by atoms with E-state index in [2.05, 4.69) is 20.8 Å². The third kappa shape index (κ3) is 8.60. The number of carbonyl (C=O) groups excluding carboxylic acids is 3. The van der Waals surface area contributed by atoms with E-state index in [0.717, 1.165) is 33.6 Å². The molecule has 0 aromatic heterocycles. The van der Waals surface area contributed by atoms with Gasteiger partial charge >= 0.3 is 6.09 Å². The first-order valence-electron chi connectivity index (χ1n) is 14.3. The minimum Gasteiger partial charge on any atom is -0.444 e. The van der Waals surface area contributed by atoms with Gasteiger partial charge in [0.15, 0.2) is 0 Å². The van der Waals surface area contributed by atoms with Crippen molar-refractivity contribution in [2.24, 2.45) is 4.99 Å². The van der Waals surface area contributed by atoms with Gasteiger partial charge in [0.2, 0.25) is 11.8 Å². The number of benzene rings is 3. The molecule has 4 rings (SSSR count). The number of para-hydroxylation sites is 2. The molecule has 1 aliphatic rings. The predicted octanol–water partition coefficient (Wildman–Crippen LogP) is 6.75. The Hall–Kier alpha value is -4.33. The Morgan fingerprint density at radius 1 is 1.00 bits per heavy atom. The third-order valence-corrected chi connectivity index (χ3v) is 7.09. The maximum atomic E-state index is 13.9. The zero-order chi connectivity index (χ0) is 31.2. The number of anilines is 1. The summed E-state index contributed by atoms with van der Waals surface area (Å²) in [5.41, 5.74) is 3.94.